The maximum absolute atomic E-state index is 15.1. The first-order chi connectivity index (χ1) is 52.8. The van der Waals surface area contributed by atoms with Crippen molar-refractivity contribution >= 4 is 11.9 Å². The van der Waals surface area contributed by atoms with Gasteiger partial charge in [-0.1, -0.05) is 255 Å². The monoisotopic (exact) mass is 1450 g/mol. The zero-order valence-electron chi connectivity index (χ0n) is 59.5. The number of aromatic nitrogens is 1. The number of benzene rings is 9. The molecule has 0 radical (unpaired) electrons. The molecule has 3 aliphatic heterocycles. The normalized spacial score (nSPS) is 24.3. The Balaban J connectivity index is 0.895. The summed E-state index contributed by atoms with van der Waals surface area (Å²) in [6.07, 6.45) is -15.2. The van der Waals surface area contributed by atoms with Crippen molar-refractivity contribution in [3.63, 3.8) is 0 Å². The largest absolute Gasteiger partial charge is 0.452 e. The minimum Gasteiger partial charge on any atom is -0.452 e. The molecule has 9 aromatic carbocycles. The number of nitrogens with zero attached hydrogens (tertiary/aromatic N) is 1. The lowest BCUT2D eigenvalue weighted by atomic mass is 9.96. The molecule has 554 valence electrons. The first-order valence-corrected chi connectivity index (χ1v) is 36.2. The van der Waals surface area contributed by atoms with E-state index in [9.17, 15) is 0 Å². The Kier molecular flexibility index (Phi) is 28.3. The highest BCUT2D eigenvalue weighted by atomic mass is 16.8. The Labute approximate surface area is 624 Å². The molecule has 0 N–H and O–H groups in total. The molecule has 1 aromatic heterocycles. The number of hydrogen-bond acceptors (Lipinski definition) is 19. The predicted octanol–water partition coefficient (Wildman–Crippen LogP) is 14.0. The van der Waals surface area contributed by atoms with Gasteiger partial charge in [-0.3, -0.25) is 4.98 Å². The van der Waals surface area contributed by atoms with Gasteiger partial charge in [-0.05, 0) is 75.3 Å². The van der Waals surface area contributed by atoms with E-state index in [0.717, 1.165) is 38.9 Å². The predicted molar refractivity (Wildman–Crippen MR) is 395 cm³/mol. The average Bonchev–Trinajstić information content (AvgIpc) is 0.781. The summed E-state index contributed by atoms with van der Waals surface area (Å²) in [4.78, 5) is 34.7. The summed E-state index contributed by atoms with van der Waals surface area (Å²) in [6.45, 7) is 0.320. The molecule has 19 nitrogen and oxygen atoms in total. The molecule has 13 rings (SSSR count). The number of carbonyl (C=O) groups is 2. The molecule has 0 saturated carbocycles. The summed E-state index contributed by atoms with van der Waals surface area (Å²) in [5.41, 5.74) is 7.26. The maximum Gasteiger partial charge on any atom is 0.338 e. The summed E-state index contributed by atoms with van der Waals surface area (Å²) in [7, 11) is 1.55. The smallest absolute Gasteiger partial charge is 0.338 e. The lowest BCUT2D eigenvalue weighted by Crippen LogP contribution is -2.65. The molecule has 107 heavy (non-hydrogen) atoms. The third-order valence-corrected chi connectivity index (χ3v) is 18.6. The van der Waals surface area contributed by atoms with Gasteiger partial charge in [0.2, 0.25) is 0 Å². The molecule has 0 spiro atoms. The van der Waals surface area contributed by atoms with Gasteiger partial charge in [0.05, 0.1) is 89.5 Å². The SMILES string of the molecule is CO[C@H]1O[C@H](CO[C@H]2O[C@H](CO[C@@H]3O[C@H](COCc4ccccc4)[C@@H](OCc4ccccc4)[C@H](OCc4ccccc4)[C@H]3OCc3ccccn3)[C@@H](OC(=O)c3ccccc3)[C@H](OC(=O)c3ccccc3)[C@H]2OCc2ccccc2)[C@@H](OCc2ccccc2)[C@H](OCc2ccccc2)[C@H]1OCc1ccccc1. The lowest BCUT2D eigenvalue weighted by Gasteiger charge is -2.48. The molecule has 0 bridgehead atoms. The Morgan fingerprint density at radius 3 is 0.944 bits per heavy atom. The first-order valence-electron chi connectivity index (χ1n) is 36.2. The summed E-state index contributed by atoms with van der Waals surface area (Å²) in [5.74, 6) is -1.51. The number of pyridine rings is 1. The van der Waals surface area contributed by atoms with Crippen LogP contribution < -0.4 is 0 Å². The minimum atomic E-state index is -1.51. The van der Waals surface area contributed by atoms with Gasteiger partial charge < -0.3 is 75.8 Å². The van der Waals surface area contributed by atoms with Crippen LogP contribution in [0.5, 0.6) is 0 Å². The second-order valence-electron chi connectivity index (χ2n) is 26.2. The fraction of sp³-hybridized carbons (Fsp3) is 0.307. The van der Waals surface area contributed by atoms with E-state index < -0.39 is 111 Å². The number of carbonyl (C=O) groups excluding carboxylic acids is 2. The van der Waals surface area contributed by atoms with Crippen LogP contribution in [0.25, 0.3) is 0 Å². The van der Waals surface area contributed by atoms with Gasteiger partial charge in [0, 0.05) is 13.3 Å². The highest BCUT2D eigenvalue weighted by Gasteiger charge is 2.56. The molecular formula is C88H89NO18. The third-order valence-electron chi connectivity index (χ3n) is 18.6. The van der Waals surface area contributed by atoms with E-state index in [1.807, 2.05) is 231 Å². The van der Waals surface area contributed by atoms with Crippen LogP contribution in [0.2, 0.25) is 0 Å². The van der Waals surface area contributed by atoms with E-state index in [-0.39, 0.29) is 77.2 Å². The molecule has 3 aliphatic rings. The molecule has 15 atom stereocenters. The highest BCUT2D eigenvalue weighted by molar-refractivity contribution is 5.90. The van der Waals surface area contributed by atoms with Crippen LogP contribution in [0.3, 0.4) is 0 Å². The van der Waals surface area contributed by atoms with Crippen molar-refractivity contribution < 1.29 is 85.4 Å². The van der Waals surface area contributed by atoms with Crippen LogP contribution in [0.1, 0.15) is 65.4 Å². The molecule has 0 unspecified atom stereocenters. The van der Waals surface area contributed by atoms with Crippen molar-refractivity contribution in [1.82, 2.24) is 4.98 Å². The van der Waals surface area contributed by atoms with E-state index in [1.54, 1.807) is 74.0 Å². The second-order valence-corrected chi connectivity index (χ2v) is 26.2. The Morgan fingerprint density at radius 2 is 0.570 bits per heavy atom. The van der Waals surface area contributed by atoms with Gasteiger partial charge in [0.15, 0.2) is 31.1 Å². The van der Waals surface area contributed by atoms with Crippen LogP contribution in [0.15, 0.2) is 297 Å². The highest BCUT2D eigenvalue weighted by Crippen LogP contribution is 2.38. The van der Waals surface area contributed by atoms with Gasteiger partial charge >= 0.3 is 11.9 Å². The van der Waals surface area contributed by atoms with Crippen LogP contribution in [-0.2, 0) is 129 Å². The van der Waals surface area contributed by atoms with Gasteiger partial charge in [-0.15, -0.1) is 0 Å². The fourth-order valence-corrected chi connectivity index (χ4v) is 13.1. The van der Waals surface area contributed by atoms with Gasteiger partial charge in [-0.25, -0.2) is 9.59 Å². The number of ether oxygens (including phenoxy) is 16. The van der Waals surface area contributed by atoms with Crippen molar-refractivity contribution in [2.24, 2.45) is 0 Å². The van der Waals surface area contributed by atoms with E-state index in [4.69, 9.17) is 75.8 Å². The quantitative estimate of drug-likeness (QED) is 0.0336. The fourth-order valence-electron chi connectivity index (χ4n) is 13.1. The Hall–Kier alpha value is -9.49. The van der Waals surface area contributed by atoms with Crippen LogP contribution in [0, 0.1) is 0 Å². The van der Waals surface area contributed by atoms with E-state index >= 15 is 9.59 Å². The van der Waals surface area contributed by atoms with Crippen molar-refractivity contribution in [3.8, 4) is 0 Å². The standard InChI is InChI=1S/C88H89NO18/c1-92-86-81(98-56-67-41-21-7-22-42-67)78(96-54-65-37-17-5-18-38-65)76(95-53-64-35-15-4-16-36-64)73(103-86)60-101-88-83(99-57-68-43-23-8-24-44-68)80(107-85(91)70-47-27-10-28-48-70)77(106-84(90)69-45-25-9-26-46-69)74(105-88)61-102-87-82(100-58-71-49-29-30-50-89-71)79(97-55-66-39-19-6-20-40-66)75(94-52-63-33-13-3-14-34-63)72(104-87)59-93-51-62-31-11-2-12-32-62/h2-50,72-83,86-88H,51-61H2,1H3/t72-,73-,74-,75-,76-,77-,78+,79+,80+,81-,82-,83-,86+,87-,88+/m1/s1. The Morgan fingerprint density at radius 1 is 0.280 bits per heavy atom. The second kappa shape index (κ2) is 39.9. The molecule has 0 amide bonds. The molecule has 3 saturated heterocycles. The zero-order valence-corrected chi connectivity index (χ0v) is 59.5. The number of rotatable bonds is 36. The molecule has 0 aliphatic carbocycles. The van der Waals surface area contributed by atoms with Crippen molar-refractivity contribution in [2.45, 2.75) is 145 Å². The lowest BCUT2D eigenvalue weighted by molar-refractivity contribution is -0.355. The van der Waals surface area contributed by atoms with Crippen LogP contribution in [0.4, 0.5) is 0 Å². The third kappa shape index (κ3) is 21.7. The topological polar surface area (TPSA) is 195 Å². The van der Waals surface area contributed by atoms with Crippen LogP contribution in [-0.4, -0.2) is 136 Å². The maximum atomic E-state index is 15.1. The summed E-state index contributed by atoms with van der Waals surface area (Å²) >= 11 is 0. The van der Waals surface area contributed by atoms with E-state index in [0.29, 0.717) is 5.69 Å². The molecule has 10 aromatic rings. The number of methoxy groups -OCH3 is 1. The first kappa shape index (κ1) is 75.7. The van der Waals surface area contributed by atoms with Crippen LogP contribution >= 0.6 is 0 Å². The van der Waals surface area contributed by atoms with Crippen molar-refractivity contribution in [1.29, 1.82) is 0 Å². The number of esters is 2. The van der Waals surface area contributed by atoms with Gasteiger partial charge in [0.1, 0.15) is 61.0 Å². The molecular weight excluding hydrogens is 1360 g/mol. The number of hydrogen-bond donors (Lipinski definition) is 0. The van der Waals surface area contributed by atoms with Gasteiger partial charge in [-0.2, -0.15) is 0 Å². The average molecular weight is 1450 g/mol. The molecule has 3 fully saturated rings. The summed E-state index contributed by atoms with van der Waals surface area (Å²) in [6, 6.07) is 91.0. The summed E-state index contributed by atoms with van der Waals surface area (Å²) < 4.78 is 111. The molecule has 19 heteroatoms. The zero-order chi connectivity index (χ0) is 73.0. The molecule has 4 heterocycles. The van der Waals surface area contributed by atoms with Crippen molar-refractivity contribution in [3.05, 3.63) is 353 Å². The minimum absolute atomic E-state index is 0.00707. The van der Waals surface area contributed by atoms with Crippen molar-refractivity contribution in [2.75, 3.05) is 26.9 Å². The van der Waals surface area contributed by atoms with E-state index in [2.05, 4.69) is 4.98 Å². The van der Waals surface area contributed by atoms with E-state index in [1.165, 1.54) is 0 Å². The summed E-state index contributed by atoms with van der Waals surface area (Å²) in [5, 5.41) is 0. The Bertz CT molecular complexity index is 4170. The van der Waals surface area contributed by atoms with Gasteiger partial charge in [0.25, 0.3) is 0 Å².